The van der Waals surface area contributed by atoms with Crippen molar-refractivity contribution in [2.24, 2.45) is 0 Å². The van der Waals surface area contributed by atoms with Crippen molar-refractivity contribution in [1.29, 1.82) is 0 Å². The van der Waals surface area contributed by atoms with Crippen LogP contribution in [0.25, 0.3) is 0 Å². The Balaban J connectivity index is 2.20. The fourth-order valence-corrected chi connectivity index (χ4v) is 5.13. The summed E-state index contributed by atoms with van der Waals surface area (Å²) in [5, 5.41) is 3.70. The molecule has 35 heavy (non-hydrogen) atoms. The largest absolute Gasteiger partial charge is 0.354 e. The van der Waals surface area contributed by atoms with Crippen molar-refractivity contribution in [3.05, 3.63) is 63.6 Å². The Labute approximate surface area is 218 Å². The highest BCUT2D eigenvalue weighted by atomic mass is 35.5. The Bertz CT molecular complexity index is 1140. The van der Waals surface area contributed by atoms with Crippen LogP contribution in [0.5, 0.6) is 0 Å². The first-order valence-corrected chi connectivity index (χ1v) is 14.1. The molecule has 0 unspecified atom stereocenters. The van der Waals surface area contributed by atoms with Gasteiger partial charge in [0.25, 0.3) is 0 Å². The molecule has 2 amide bonds. The smallest absolute Gasteiger partial charge is 0.242 e. The van der Waals surface area contributed by atoms with E-state index in [2.05, 4.69) is 5.32 Å². The van der Waals surface area contributed by atoms with Gasteiger partial charge in [0.2, 0.25) is 21.8 Å². The van der Waals surface area contributed by atoms with Crippen LogP contribution < -0.4 is 9.62 Å². The summed E-state index contributed by atoms with van der Waals surface area (Å²) < 4.78 is 26.2. The van der Waals surface area contributed by atoms with Crippen LogP contribution in [0.2, 0.25) is 10.0 Å². The van der Waals surface area contributed by atoms with Crippen LogP contribution in [0.15, 0.2) is 42.5 Å². The fraction of sp³-hybridized carbons (Fsp3) is 0.440. The SMILES string of the molecule is CCCNC(=O)[C@@H](C)N(Cc1ccc(Cl)cc1Cl)C(=O)CCCN(c1ccccc1C)S(C)(=O)=O. The number of sulfonamides is 1. The van der Waals surface area contributed by atoms with Crippen LogP contribution in [0.1, 0.15) is 44.2 Å². The Morgan fingerprint density at radius 3 is 2.40 bits per heavy atom. The number of carbonyl (C=O) groups is 2. The molecular formula is C25H33Cl2N3O4S. The number of hydrogen-bond donors (Lipinski definition) is 1. The normalized spacial score (nSPS) is 12.2. The van der Waals surface area contributed by atoms with Gasteiger partial charge in [-0.25, -0.2) is 8.42 Å². The van der Waals surface area contributed by atoms with Crippen LogP contribution >= 0.6 is 23.2 Å². The van der Waals surface area contributed by atoms with E-state index in [0.717, 1.165) is 18.2 Å². The Morgan fingerprint density at radius 2 is 1.80 bits per heavy atom. The summed E-state index contributed by atoms with van der Waals surface area (Å²) in [5.41, 5.74) is 2.07. The molecule has 2 aromatic rings. The highest BCUT2D eigenvalue weighted by molar-refractivity contribution is 7.92. The molecule has 2 aromatic carbocycles. The zero-order valence-electron chi connectivity index (χ0n) is 20.6. The van der Waals surface area contributed by atoms with Crippen molar-refractivity contribution in [2.75, 3.05) is 23.7 Å². The first-order valence-electron chi connectivity index (χ1n) is 11.5. The van der Waals surface area contributed by atoms with Crippen LogP contribution in [0.3, 0.4) is 0 Å². The van der Waals surface area contributed by atoms with Gasteiger partial charge in [-0.05, 0) is 56.0 Å². The zero-order valence-corrected chi connectivity index (χ0v) is 22.9. The van der Waals surface area contributed by atoms with Crippen molar-refractivity contribution < 1.29 is 18.0 Å². The topological polar surface area (TPSA) is 86.8 Å². The van der Waals surface area contributed by atoms with Gasteiger partial charge in [-0.1, -0.05) is 54.4 Å². The van der Waals surface area contributed by atoms with Crippen LogP contribution in [-0.2, 0) is 26.2 Å². The van der Waals surface area contributed by atoms with E-state index in [1.54, 1.807) is 37.3 Å². The summed E-state index contributed by atoms with van der Waals surface area (Å²) in [5.74, 6) is -0.531. The zero-order chi connectivity index (χ0) is 26.2. The molecule has 192 valence electrons. The second kappa shape index (κ2) is 13.1. The summed E-state index contributed by atoms with van der Waals surface area (Å²) >= 11 is 12.3. The second-order valence-electron chi connectivity index (χ2n) is 8.45. The molecule has 10 heteroatoms. The summed E-state index contributed by atoms with van der Waals surface area (Å²) in [6.45, 7) is 6.23. The summed E-state index contributed by atoms with van der Waals surface area (Å²) in [7, 11) is -3.54. The highest BCUT2D eigenvalue weighted by Gasteiger charge is 2.27. The summed E-state index contributed by atoms with van der Waals surface area (Å²) in [6, 6.07) is 11.5. The van der Waals surface area contributed by atoms with Gasteiger partial charge in [-0.15, -0.1) is 0 Å². The summed E-state index contributed by atoms with van der Waals surface area (Å²) in [6.07, 6.45) is 2.27. The van der Waals surface area contributed by atoms with E-state index in [0.29, 0.717) is 27.8 Å². The number of hydrogen-bond acceptors (Lipinski definition) is 4. The van der Waals surface area contributed by atoms with Crippen molar-refractivity contribution >= 4 is 50.7 Å². The number of carbonyl (C=O) groups excluding carboxylic acids is 2. The molecule has 7 nitrogen and oxygen atoms in total. The lowest BCUT2D eigenvalue weighted by molar-refractivity contribution is -0.140. The average Bonchev–Trinajstić information content (AvgIpc) is 2.79. The molecule has 0 radical (unpaired) electrons. The van der Waals surface area contributed by atoms with Gasteiger partial charge in [0.15, 0.2) is 0 Å². The van der Waals surface area contributed by atoms with Gasteiger partial charge in [-0.3, -0.25) is 13.9 Å². The molecule has 0 heterocycles. The molecule has 1 atom stereocenters. The molecule has 0 saturated heterocycles. The van der Waals surface area contributed by atoms with Crippen molar-refractivity contribution in [1.82, 2.24) is 10.2 Å². The third-order valence-corrected chi connectivity index (χ3v) is 7.38. The molecule has 0 fully saturated rings. The molecule has 0 bridgehead atoms. The van der Waals surface area contributed by atoms with E-state index in [-0.39, 0.29) is 37.7 Å². The number of nitrogens with zero attached hydrogens (tertiary/aromatic N) is 2. The van der Waals surface area contributed by atoms with E-state index in [4.69, 9.17) is 23.2 Å². The lowest BCUT2D eigenvalue weighted by Crippen LogP contribution is -2.48. The van der Waals surface area contributed by atoms with E-state index >= 15 is 0 Å². The number of nitrogens with one attached hydrogen (secondary N) is 1. The first kappa shape index (κ1) is 28.9. The van der Waals surface area contributed by atoms with Gasteiger partial charge in [0.05, 0.1) is 11.9 Å². The molecule has 2 rings (SSSR count). The van der Waals surface area contributed by atoms with E-state index < -0.39 is 16.1 Å². The van der Waals surface area contributed by atoms with Crippen molar-refractivity contribution in [2.45, 2.75) is 52.6 Å². The molecular weight excluding hydrogens is 509 g/mol. The van der Waals surface area contributed by atoms with E-state index in [1.807, 2.05) is 26.0 Å². The fourth-order valence-electron chi connectivity index (χ4n) is 3.64. The molecule has 0 aromatic heterocycles. The average molecular weight is 543 g/mol. The van der Waals surface area contributed by atoms with Gasteiger partial charge >= 0.3 is 0 Å². The Kier molecular flexibility index (Phi) is 10.9. The monoisotopic (exact) mass is 541 g/mol. The van der Waals surface area contributed by atoms with Crippen molar-refractivity contribution in [3.8, 4) is 0 Å². The lowest BCUT2D eigenvalue weighted by Gasteiger charge is -2.30. The Hall–Kier alpha value is -2.29. The first-order chi connectivity index (χ1) is 16.5. The maximum atomic E-state index is 13.3. The van der Waals surface area contributed by atoms with Crippen LogP contribution in [0, 0.1) is 6.92 Å². The molecule has 0 aliphatic rings. The minimum atomic E-state index is -3.54. The molecule has 0 spiro atoms. The Morgan fingerprint density at radius 1 is 1.11 bits per heavy atom. The number of aryl methyl sites for hydroxylation is 1. The van der Waals surface area contributed by atoms with Gasteiger partial charge in [0.1, 0.15) is 6.04 Å². The van der Waals surface area contributed by atoms with Gasteiger partial charge in [0, 0.05) is 36.1 Å². The van der Waals surface area contributed by atoms with Crippen LogP contribution in [-0.4, -0.2) is 50.5 Å². The minimum absolute atomic E-state index is 0.0640. The summed E-state index contributed by atoms with van der Waals surface area (Å²) in [4.78, 5) is 27.4. The second-order valence-corrected chi connectivity index (χ2v) is 11.2. The molecule has 0 aliphatic carbocycles. The molecule has 0 saturated carbocycles. The van der Waals surface area contributed by atoms with Crippen LogP contribution in [0.4, 0.5) is 5.69 Å². The van der Waals surface area contributed by atoms with Gasteiger partial charge in [-0.2, -0.15) is 0 Å². The van der Waals surface area contributed by atoms with Crippen molar-refractivity contribution in [3.63, 3.8) is 0 Å². The maximum Gasteiger partial charge on any atom is 0.242 e. The lowest BCUT2D eigenvalue weighted by atomic mass is 10.1. The number of rotatable bonds is 12. The predicted octanol–water partition coefficient (Wildman–Crippen LogP) is 4.79. The highest BCUT2D eigenvalue weighted by Crippen LogP contribution is 2.25. The van der Waals surface area contributed by atoms with Gasteiger partial charge < -0.3 is 10.2 Å². The third-order valence-electron chi connectivity index (χ3n) is 5.61. The standard InChI is InChI=1S/C25H33Cl2N3O4S/c1-5-14-28-25(32)19(3)29(17-20-12-13-21(26)16-22(20)27)24(31)11-8-15-30(35(4,33)34)23-10-7-6-9-18(23)2/h6-7,9-10,12-13,16,19H,5,8,11,14-15,17H2,1-4H3,(H,28,32)/t19-/m1/s1. The molecule has 0 aliphatic heterocycles. The number of anilines is 1. The number of benzene rings is 2. The third kappa shape index (κ3) is 8.40. The quantitative estimate of drug-likeness (QED) is 0.418. The maximum absolute atomic E-state index is 13.3. The molecule has 1 N–H and O–H groups in total. The van der Waals surface area contributed by atoms with E-state index in [1.165, 1.54) is 9.21 Å². The number of amides is 2. The minimum Gasteiger partial charge on any atom is -0.354 e. The number of halogens is 2. The van der Waals surface area contributed by atoms with E-state index in [9.17, 15) is 18.0 Å². The number of para-hydroxylation sites is 1. The predicted molar refractivity (Wildman–Crippen MR) is 142 cm³/mol.